The van der Waals surface area contributed by atoms with Crippen molar-refractivity contribution in [3.63, 3.8) is 0 Å². The number of ether oxygens (including phenoxy) is 2. The van der Waals surface area contributed by atoms with Gasteiger partial charge in [-0.15, -0.1) is 0 Å². The Labute approximate surface area is 162 Å². The van der Waals surface area contributed by atoms with Crippen LogP contribution in [0.15, 0.2) is 18.2 Å². The van der Waals surface area contributed by atoms with Gasteiger partial charge in [0, 0.05) is 6.04 Å². The molecule has 1 aromatic carbocycles. The van der Waals surface area contributed by atoms with Crippen LogP contribution in [0.25, 0.3) is 0 Å². The molecule has 2 aliphatic rings. The number of quaternary nitrogens is 2. The van der Waals surface area contributed by atoms with E-state index in [1.54, 1.807) is 14.2 Å². The van der Waals surface area contributed by atoms with Crippen LogP contribution in [0.5, 0.6) is 11.5 Å². The van der Waals surface area contributed by atoms with Crippen molar-refractivity contribution in [1.82, 2.24) is 5.32 Å². The highest BCUT2D eigenvalue weighted by Gasteiger charge is 2.32. The fourth-order valence-corrected chi connectivity index (χ4v) is 4.41. The summed E-state index contributed by atoms with van der Waals surface area (Å²) in [7, 11) is 3.41. The first-order chi connectivity index (χ1) is 13.1. The molecule has 3 rings (SSSR count). The molecule has 1 heterocycles. The Morgan fingerprint density at radius 2 is 1.85 bits per heavy atom. The molecule has 1 amide bonds. The monoisotopic (exact) mass is 377 g/mol. The van der Waals surface area contributed by atoms with E-state index in [4.69, 9.17) is 9.47 Å². The van der Waals surface area contributed by atoms with Crippen LogP contribution in [0.3, 0.4) is 0 Å². The summed E-state index contributed by atoms with van der Waals surface area (Å²) in [6.45, 7) is 7.20. The molecule has 1 saturated heterocycles. The van der Waals surface area contributed by atoms with Gasteiger partial charge >= 0.3 is 0 Å². The second-order valence-corrected chi connectivity index (χ2v) is 7.97. The van der Waals surface area contributed by atoms with Gasteiger partial charge in [0.15, 0.2) is 6.04 Å². The number of rotatable bonds is 7. The molecule has 6 nitrogen and oxygen atoms in total. The van der Waals surface area contributed by atoms with Gasteiger partial charge in [0.1, 0.15) is 44.2 Å². The maximum absolute atomic E-state index is 12.6. The number of carbonyl (C=O) groups excluding carboxylic acids is 1. The lowest BCUT2D eigenvalue weighted by Gasteiger charge is -2.33. The topological polar surface area (TPSA) is 56.4 Å². The first kappa shape index (κ1) is 20.0. The van der Waals surface area contributed by atoms with Crippen molar-refractivity contribution >= 4 is 5.91 Å². The number of nitrogens with one attached hydrogen (secondary N) is 3. The zero-order chi connectivity index (χ0) is 19.2. The Kier molecular flexibility index (Phi) is 6.96. The molecule has 1 saturated carbocycles. The van der Waals surface area contributed by atoms with Gasteiger partial charge < -0.3 is 24.6 Å². The molecule has 27 heavy (non-hydrogen) atoms. The van der Waals surface area contributed by atoms with Gasteiger partial charge in [0.25, 0.3) is 5.91 Å². The molecule has 150 valence electrons. The summed E-state index contributed by atoms with van der Waals surface area (Å²) in [5, 5.41) is 3.26. The van der Waals surface area contributed by atoms with E-state index in [9.17, 15) is 4.79 Å². The van der Waals surface area contributed by atoms with E-state index in [0.29, 0.717) is 6.04 Å². The van der Waals surface area contributed by atoms with Crippen LogP contribution < -0.4 is 24.6 Å². The Bertz CT molecular complexity index is 623. The maximum Gasteiger partial charge on any atom is 0.278 e. The first-order valence-electron chi connectivity index (χ1n) is 10.3. The van der Waals surface area contributed by atoms with Crippen LogP contribution in [0.2, 0.25) is 0 Å². The molecule has 0 unspecified atom stereocenters. The molecule has 1 aliphatic carbocycles. The van der Waals surface area contributed by atoms with E-state index < -0.39 is 0 Å². The van der Waals surface area contributed by atoms with Crippen molar-refractivity contribution in [3.05, 3.63) is 23.8 Å². The van der Waals surface area contributed by atoms with Gasteiger partial charge in [-0.05, 0) is 38.0 Å². The summed E-state index contributed by atoms with van der Waals surface area (Å²) >= 11 is 0. The van der Waals surface area contributed by atoms with Gasteiger partial charge in [-0.2, -0.15) is 0 Å². The fourth-order valence-electron chi connectivity index (χ4n) is 4.41. The van der Waals surface area contributed by atoms with Gasteiger partial charge in [-0.1, -0.05) is 12.8 Å². The molecule has 6 heteroatoms. The lowest BCUT2D eigenvalue weighted by molar-refractivity contribution is -1.02. The van der Waals surface area contributed by atoms with Crippen molar-refractivity contribution in [2.75, 3.05) is 40.4 Å². The van der Waals surface area contributed by atoms with Crippen molar-refractivity contribution in [3.8, 4) is 11.5 Å². The van der Waals surface area contributed by atoms with E-state index in [0.717, 1.165) is 57.1 Å². The van der Waals surface area contributed by atoms with Gasteiger partial charge in [0.05, 0.1) is 19.8 Å². The number of hydrogen-bond acceptors (Lipinski definition) is 3. The zero-order valence-electron chi connectivity index (χ0n) is 17.0. The van der Waals surface area contributed by atoms with Crippen molar-refractivity contribution in [1.29, 1.82) is 0 Å². The molecule has 1 aliphatic heterocycles. The van der Waals surface area contributed by atoms with Crippen LogP contribution >= 0.6 is 0 Å². The highest BCUT2D eigenvalue weighted by atomic mass is 16.5. The number of methoxy groups -OCH3 is 2. The molecule has 2 fully saturated rings. The van der Waals surface area contributed by atoms with Gasteiger partial charge in [-0.25, -0.2) is 0 Å². The SMILES string of the molecule is COc1ccc(OC)c(C[NH+]2CC[NH+]([C@@H](C)C(=O)NC3CCCC3)CC2)c1. The first-order valence-corrected chi connectivity index (χ1v) is 10.3. The molecule has 1 atom stereocenters. The Balaban J connectivity index is 1.50. The van der Waals surface area contributed by atoms with Crippen molar-refractivity contribution in [2.45, 2.75) is 51.2 Å². The Morgan fingerprint density at radius 1 is 1.15 bits per heavy atom. The third-order valence-corrected chi connectivity index (χ3v) is 6.23. The minimum absolute atomic E-state index is 0.0403. The molecule has 1 aromatic rings. The van der Waals surface area contributed by atoms with E-state index in [-0.39, 0.29) is 11.9 Å². The second kappa shape index (κ2) is 9.42. The number of benzene rings is 1. The largest absolute Gasteiger partial charge is 0.497 e. The molecule has 0 aromatic heterocycles. The summed E-state index contributed by atoms with van der Waals surface area (Å²) in [5.41, 5.74) is 1.18. The highest BCUT2D eigenvalue weighted by Crippen LogP contribution is 2.23. The Morgan fingerprint density at radius 3 is 2.48 bits per heavy atom. The van der Waals surface area contributed by atoms with Crippen LogP contribution in [0, 0.1) is 0 Å². The van der Waals surface area contributed by atoms with E-state index in [1.165, 1.54) is 28.2 Å². The average Bonchev–Trinajstić information content (AvgIpc) is 3.21. The number of amides is 1. The number of carbonyl (C=O) groups is 1. The average molecular weight is 378 g/mol. The van der Waals surface area contributed by atoms with Gasteiger partial charge in [0.2, 0.25) is 0 Å². The second-order valence-electron chi connectivity index (χ2n) is 7.97. The lowest BCUT2D eigenvalue weighted by atomic mass is 10.1. The molecular weight excluding hydrogens is 342 g/mol. The third kappa shape index (κ3) is 5.14. The smallest absolute Gasteiger partial charge is 0.278 e. The van der Waals surface area contributed by atoms with Crippen molar-refractivity contribution in [2.24, 2.45) is 0 Å². The molecule has 0 radical (unpaired) electrons. The highest BCUT2D eigenvalue weighted by molar-refractivity contribution is 5.80. The van der Waals surface area contributed by atoms with Crippen LogP contribution in [-0.4, -0.2) is 58.4 Å². The summed E-state index contributed by atoms with van der Waals surface area (Å²) < 4.78 is 10.9. The maximum atomic E-state index is 12.6. The minimum atomic E-state index is 0.0403. The predicted molar refractivity (Wildman–Crippen MR) is 105 cm³/mol. The minimum Gasteiger partial charge on any atom is -0.497 e. The molecule has 3 N–H and O–H groups in total. The summed E-state index contributed by atoms with van der Waals surface area (Å²) in [6.07, 6.45) is 4.80. The van der Waals surface area contributed by atoms with Crippen LogP contribution in [0.1, 0.15) is 38.2 Å². The Hall–Kier alpha value is -1.79. The predicted octanol–water partition coefficient (Wildman–Crippen LogP) is -0.565. The molecule has 0 spiro atoms. The number of piperazine rings is 1. The summed E-state index contributed by atoms with van der Waals surface area (Å²) in [6, 6.07) is 6.43. The standard InChI is InChI=1S/C21H33N3O3/c1-16(21(25)22-18-6-4-5-7-18)24-12-10-23(11-13-24)15-17-14-19(26-2)8-9-20(17)27-3/h8-9,14,16,18H,4-7,10-13,15H2,1-3H3,(H,22,25)/p+2/t16-/m0/s1. The molecule has 0 bridgehead atoms. The normalized spacial score (nSPS) is 24.4. The fraction of sp³-hybridized carbons (Fsp3) is 0.667. The van der Waals surface area contributed by atoms with Gasteiger partial charge in [-0.3, -0.25) is 4.79 Å². The van der Waals surface area contributed by atoms with E-state index in [1.807, 2.05) is 12.1 Å². The summed E-state index contributed by atoms with van der Waals surface area (Å²) in [5.74, 6) is 2.02. The van der Waals surface area contributed by atoms with E-state index in [2.05, 4.69) is 18.3 Å². The van der Waals surface area contributed by atoms with Crippen LogP contribution in [-0.2, 0) is 11.3 Å². The number of hydrogen-bond donors (Lipinski definition) is 3. The third-order valence-electron chi connectivity index (χ3n) is 6.23. The van der Waals surface area contributed by atoms with E-state index >= 15 is 0 Å². The van der Waals surface area contributed by atoms with Crippen LogP contribution in [0.4, 0.5) is 0 Å². The van der Waals surface area contributed by atoms with Crippen molar-refractivity contribution < 1.29 is 24.1 Å². The molecular formula is C21H35N3O3+2. The lowest BCUT2D eigenvalue weighted by Crippen LogP contribution is -3.29. The quantitative estimate of drug-likeness (QED) is 0.597. The zero-order valence-corrected chi connectivity index (χ0v) is 17.0. The summed E-state index contributed by atoms with van der Waals surface area (Å²) in [4.78, 5) is 15.5.